The minimum Gasteiger partial charge on any atom is -0.247 e. The highest BCUT2D eigenvalue weighted by Crippen LogP contribution is 2.27. The Hall–Kier alpha value is -0.790. The Morgan fingerprint density at radius 1 is 0.404 bits per heavy atom. The SMILES string of the molecule is CCCCCCCCCCCCCCCCC(CCCCCCCCCCCC)c1[nH]cc[n+]1C(C)CCCCCCCCCCC. The number of nitrogens with zero attached hydrogens (tertiary/aromatic N) is 1. The van der Waals surface area contributed by atoms with Crippen LogP contribution in [0.3, 0.4) is 0 Å². The van der Waals surface area contributed by atoms with Crippen LogP contribution in [0.5, 0.6) is 0 Å². The molecule has 0 saturated carbocycles. The van der Waals surface area contributed by atoms with Crippen molar-refractivity contribution in [2.24, 2.45) is 0 Å². The summed E-state index contributed by atoms with van der Waals surface area (Å²) in [6.45, 7) is 9.43. The number of nitrogens with one attached hydrogen (secondary N) is 1. The second-order valence-electron chi connectivity index (χ2n) is 15.8. The number of hydrogen-bond acceptors (Lipinski definition) is 0. The van der Waals surface area contributed by atoms with E-state index in [-0.39, 0.29) is 0 Å². The van der Waals surface area contributed by atoms with Gasteiger partial charge in [0.2, 0.25) is 0 Å². The predicted octanol–water partition coefficient (Wildman–Crippen LogP) is 16.1. The molecule has 0 radical (unpaired) electrons. The van der Waals surface area contributed by atoms with Crippen LogP contribution in [0.1, 0.15) is 277 Å². The van der Waals surface area contributed by atoms with E-state index in [1.54, 1.807) is 5.82 Å². The van der Waals surface area contributed by atoms with Gasteiger partial charge in [-0.1, -0.05) is 226 Å². The Bertz CT molecular complexity index is 723. The summed E-state index contributed by atoms with van der Waals surface area (Å²) in [5.74, 6) is 2.25. The maximum atomic E-state index is 3.77. The molecule has 0 fully saturated rings. The van der Waals surface area contributed by atoms with Crippen LogP contribution < -0.4 is 4.57 Å². The van der Waals surface area contributed by atoms with Gasteiger partial charge in [-0.3, -0.25) is 0 Å². The van der Waals surface area contributed by atoms with E-state index in [9.17, 15) is 0 Å². The molecule has 0 aliphatic heterocycles. The number of aromatic amines is 1. The van der Waals surface area contributed by atoms with Gasteiger partial charge in [-0.15, -0.1) is 0 Å². The molecule has 47 heavy (non-hydrogen) atoms. The minimum absolute atomic E-state index is 0.618. The summed E-state index contributed by atoms with van der Waals surface area (Å²) in [5.41, 5.74) is 0. The molecule has 2 nitrogen and oxygen atoms in total. The monoisotopic (exact) mass is 658 g/mol. The first-order valence-electron chi connectivity index (χ1n) is 22.3. The summed E-state index contributed by atoms with van der Waals surface area (Å²) in [4.78, 5) is 3.77. The summed E-state index contributed by atoms with van der Waals surface area (Å²) in [5, 5.41) is 0. The van der Waals surface area contributed by atoms with Gasteiger partial charge in [0.1, 0.15) is 12.4 Å². The highest BCUT2D eigenvalue weighted by molar-refractivity contribution is 4.90. The summed E-state index contributed by atoms with van der Waals surface area (Å²) >= 11 is 0. The van der Waals surface area contributed by atoms with E-state index >= 15 is 0 Å². The van der Waals surface area contributed by atoms with Crippen molar-refractivity contribution in [3.05, 3.63) is 18.2 Å². The van der Waals surface area contributed by atoms with Gasteiger partial charge in [0.15, 0.2) is 0 Å². The zero-order valence-electron chi connectivity index (χ0n) is 33.2. The van der Waals surface area contributed by atoms with E-state index in [2.05, 4.69) is 49.6 Å². The second-order valence-corrected chi connectivity index (χ2v) is 15.8. The number of rotatable bonds is 38. The van der Waals surface area contributed by atoms with E-state index in [0.717, 1.165) is 0 Å². The average Bonchev–Trinajstić information content (AvgIpc) is 3.57. The lowest BCUT2D eigenvalue weighted by molar-refractivity contribution is -0.727. The first-order chi connectivity index (χ1) is 23.2. The number of H-pyrrole nitrogens is 1. The summed E-state index contributed by atoms with van der Waals surface area (Å²) in [6, 6.07) is 0.618. The molecule has 1 aromatic heterocycles. The van der Waals surface area contributed by atoms with Crippen LogP contribution in [-0.2, 0) is 0 Å². The molecular weight excluding hydrogens is 569 g/mol. The first kappa shape index (κ1) is 44.2. The topological polar surface area (TPSA) is 19.7 Å². The highest BCUT2D eigenvalue weighted by atomic mass is 15.1. The van der Waals surface area contributed by atoms with Gasteiger partial charge in [0, 0.05) is 0 Å². The molecule has 0 aliphatic carbocycles. The third-order valence-electron chi connectivity index (χ3n) is 11.1. The third-order valence-corrected chi connectivity index (χ3v) is 11.1. The van der Waals surface area contributed by atoms with Gasteiger partial charge in [0.05, 0.1) is 12.0 Å². The summed E-state index contributed by atoms with van der Waals surface area (Å²) in [6.07, 6.45) is 56.1. The van der Waals surface area contributed by atoms with Gasteiger partial charge in [-0.05, 0) is 32.6 Å². The Morgan fingerprint density at radius 3 is 1.00 bits per heavy atom. The molecule has 0 amide bonds. The number of aromatic nitrogens is 2. The summed E-state index contributed by atoms with van der Waals surface area (Å²) in [7, 11) is 0. The van der Waals surface area contributed by atoms with E-state index < -0.39 is 0 Å². The Labute approximate surface area is 297 Å². The van der Waals surface area contributed by atoms with E-state index in [0.29, 0.717) is 12.0 Å². The van der Waals surface area contributed by atoms with Gasteiger partial charge >= 0.3 is 0 Å². The van der Waals surface area contributed by atoms with Crippen LogP contribution in [0.4, 0.5) is 0 Å². The molecule has 0 aromatic carbocycles. The van der Waals surface area contributed by atoms with E-state index in [1.807, 2.05) is 0 Å². The van der Waals surface area contributed by atoms with Crippen molar-refractivity contribution in [1.82, 2.24) is 4.98 Å². The van der Waals surface area contributed by atoms with Crippen LogP contribution in [0.15, 0.2) is 12.4 Å². The molecule has 1 heterocycles. The molecule has 2 unspecified atom stereocenters. The molecular formula is C45H89N2+. The standard InChI is InChI=1S/C45H88N2/c1-5-8-11-14-17-20-22-23-24-25-28-31-34-37-40-44(39-36-33-30-27-21-18-15-12-9-6-2)45-46-41-42-47(45)43(4)38-35-32-29-26-19-16-13-10-7-3/h41-44H,5-40H2,1-4H3/p+1. The van der Waals surface area contributed by atoms with Crippen molar-refractivity contribution in [2.45, 2.75) is 271 Å². The van der Waals surface area contributed by atoms with E-state index in [1.165, 1.54) is 231 Å². The van der Waals surface area contributed by atoms with Crippen molar-refractivity contribution < 1.29 is 4.57 Å². The Kier molecular flexibility index (Phi) is 33.0. The molecule has 0 saturated heterocycles. The fourth-order valence-electron chi connectivity index (χ4n) is 7.84. The minimum atomic E-state index is 0.618. The Morgan fingerprint density at radius 2 is 0.681 bits per heavy atom. The molecule has 2 heteroatoms. The normalized spacial score (nSPS) is 13.0. The van der Waals surface area contributed by atoms with Gasteiger partial charge in [-0.2, -0.15) is 0 Å². The fraction of sp³-hybridized carbons (Fsp3) is 0.933. The van der Waals surface area contributed by atoms with Crippen LogP contribution in [0.2, 0.25) is 0 Å². The maximum absolute atomic E-state index is 3.77. The van der Waals surface area contributed by atoms with Crippen molar-refractivity contribution in [3.8, 4) is 0 Å². The lowest BCUT2D eigenvalue weighted by Crippen LogP contribution is -2.41. The van der Waals surface area contributed by atoms with Crippen molar-refractivity contribution >= 4 is 0 Å². The maximum Gasteiger partial charge on any atom is 0.257 e. The quantitative estimate of drug-likeness (QED) is 0.0539. The largest absolute Gasteiger partial charge is 0.257 e. The molecule has 0 bridgehead atoms. The average molecular weight is 658 g/mol. The zero-order valence-corrected chi connectivity index (χ0v) is 33.2. The first-order valence-corrected chi connectivity index (χ1v) is 22.3. The zero-order chi connectivity index (χ0) is 33.9. The number of hydrogen-bond donors (Lipinski definition) is 1. The second kappa shape index (κ2) is 35.1. The van der Waals surface area contributed by atoms with Crippen molar-refractivity contribution in [1.29, 1.82) is 0 Å². The highest BCUT2D eigenvalue weighted by Gasteiger charge is 2.25. The van der Waals surface area contributed by atoms with Crippen LogP contribution in [-0.4, -0.2) is 4.98 Å². The Balaban J connectivity index is 2.39. The number of unbranched alkanes of at least 4 members (excludes halogenated alkanes) is 30. The van der Waals surface area contributed by atoms with Gasteiger partial charge in [-0.25, -0.2) is 9.55 Å². The van der Waals surface area contributed by atoms with Crippen molar-refractivity contribution in [3.63, 3.8) is 0 Å². The molecule has 0 spiro atoms. The molecule has 1 rings (SSSR count). The third kappa shape index (κ3) is 26.7. The molecule has 1 N–H and O–H groups in total. The smallest absolute Gasteiger partial charge is 0.247 e. The van der Waals surface area contributed by atoms with Gasteiger partial charge < -0.3 is 0 Å². The fourth-order valence-corrected chi connectivity index (χ4v) is 7.84. The number of imidazole rings is 1. The molecule has 2 atom stereocenters. The van der Waals surface area contributed by atoms with Crippen LogP contribution in [0.25, 0.3) is 0 Å². The molecule has 1 aromatic rings. The lowest BCUT2D eigenvalue weighted by atomic mass is 9.92. The van der Waals surface area contributed by atoms with Gasteiger partial charge in [0.25, 0.3) is 5.82 Å². The van der Waals surface area contributed by atoms with Crippen molar-refractivity contribution in [2.75, 3.05) is 0 Å². The molecule has 0 aliphatic rings. The van der Waals surface area contributed by atoms with Crippen LogP contribution >= 0.6 is 0 Å². The van der Waals surface area contributed by atoms with E-state index in [4.69, 9.17) is 0 Å². The predicted molar refractivity (Wildman–Crippen MR) is 212 cm³/mol. The summed E-state index contributed by atoms with van der Waals surface area (Å²) < 4.78 is 2.65. The lowest BCUT2D eigenvalue weighted by Gasteiger charge is -2.17. The van der Waals surface area contributed by atoms with Crippen LogP contribution in [0, 0.1) is 0 Å². The molecule has 278 valence electrons.